The molecule has 3 heteroatoms. The Labute approximate surface area is 321 Å². The maximum Gasteiger partial charge on any atom is 0.160 e. The highest BCUT2D eigenvalue weighted by Crippen LogP contribution is 2.56. The SMILES string of the molecule is c1ccc(-c2ccc(-c3cc(-c4ccc5oc6c(-c7ccc8c(c7)-c7ccccc7C87CCCCC7)cccc6c5c4)nc(-c4ccccc4)n3)cc2)cc1. The van der Waals surface area contributed by atoms with Gasteiger partial charge in [0.15, 0.2) is 5.82 Å². The summed E-state index contributed by atoms with van der Waals surface area (Å²) in [6.45, 7) is 0. The molecule has 2 aliphatic carbocycles. The Morgan fingerprint density at radius 1 is 0.400 bits per heavy atom. The fourth-order valence-electron chi connectivity index (χ4n) is 9.43. The molecule has 0 N–H and O–H groups in total. The van der Waals surface area contributed by atoms with Crippen LogP contribution in [0, 0.1) is 0 Å². The predicted octanol–water partition coefficient (Wildman–Crippen LogP) is 13.9. The van der Waals surface area contributed by atoms with E-state index in [4.69, 9.17) is 14.4 Å². The monoisotopic (exact) mass is 706 g/mol. The summed E-state index contributed by atoms with van der Waals surface area (Å²) in [7, 11) is 0. The molecular weight excluding hydrogens is 669 g/mol. The number of hydrogen-bond acceptors (Lipinski definition) is 3. The number of fused-ring (bicyclic) bond motifs is 8. The summed E-state index contributed by atoms with van der Waals surface area (Å²) in [6.07, 6.45) is 6.39. The quantitative estimate of drug-likeness (QED) is 0.179. The lowest BCUT2D eigenvalue weighted by atomic mass is 9.68. The van der Waals surface area contributed by atoms with Crippen molar-refractivity contribution in [2.45, 2.75) is 37.5 Å². The van der Waals surface area contributed by atoms with Crippen molar-refractivity contribution in [3.8, 4) is 67.3 Å². The Balaban J connectivity index is 1.01. The van der Waals surface area contributed by atoms with Gasteiger partial charge >= 0.3 is 0 Å². The minimum atomic E-state index is 0.150. The predicted molar refractivity (Wildman–Crippen MR) is 226 cm³/mol. The number of para-hydroxylation sites is 1. The van der Waals surface area contributed by atoms with Crippen LogP contribution in [0.2, 0.25) is 0 Å². The molecule has 1 spiro atoms. The maximum atomic E-state index is 6.73. The number of furan rings is 1. The highest BCUT2D eigenvalue weighted by Gasteiger charge is 2.43. The lowest BCUT2D eigenvalue weighted by Gasteiger charge is -2.36. The summed E-state index contributed by atoms with van der Waals surface area (Å²) in [5, 5.41) is 2.18. The minimum Gasteiger partial charge on any atom is -0.455 e. The second-order valence-corrected chi connectivity index (χ2v) is 15.2. The molecule has 0 saturated heterocycles. The van der Waals surface area contributed by atoms with Crippen molar-refractivity contribution in [1.29, 1.82) is 0 Å². The van der Waals surface area contributed by atoms with Gasteiger partial charge in [0, 0.05) is 38.4 Å². The third-order valence-corrected chi connectivity index (χ3v) is 12.1. The fraction of sp³-hybridized carbons (Fsp3) is 0.115. The van der Waals surface area contributed by atoms with Crippen LogP contribution in [0.5, 0.6) is 0 Å². The van der Waals surface area contributed by atoms with Gasteiger partial charge in [-0.05, 0) is 82.1 Å². The van der Waals surface area contributed by atoms with E-state index in [0.717, 1.165) is 55.6 Å². The average Bonchev–Trinajstić information content (AvgIpc) is 3.77. The molecule has 7 aromatic carbocycles. The Morgan fingerprint density at radius 2 is 1.02 bits per heavy atom. The second-order valence-electron chi connectivity index (χ2n) is 15.2. The summed E-state index contributed by atoms with van der Waals surface area (Å²) in [5.41, 5.74) is 17.2. The molecule has 2 aromatic heterocycles. The van der Waals surface area contributed by atoms with Gasteiger partial charge in [-0.2, -0.15) is 0 Å². The van der Waals surface area contributed by atoms with Crippen LogP contribution in [-0.4, -0.2) is 9.97 Å². The van der Waals surface area contributed by atoms with Crippen molar-refractivity contribution in [3.05, 3.63) is 181 Å². The number of benzene rings is 7. The lowest BCUT2D eigenvalue weighted by molar-refractivity contribution is 0.353. The van der Waals surface area contributed by atoms with Crippen molar-refractivity contribution in [3.63, 3.8) is 0 Å². The van der Waals surface area contributed by atoms with Gasteiger partial charge in [-0.3, -0.25) is 0 Å². The number of nitrogens with zero attached hydrogens (tertiary/aromatic N) is 2. The van der Waals surface area contributed by atoms with Gasteiger partial charge in [-0.25, -0.2) is 9.97 Å². The molecule has 11 rings (SSSR count). The van der Waals surface area contributed by atoms with Crippen LogP contribution in [0.1, 0.15) is 43.2 Å². The first-order chi connectivity index (χ1) is 27.2. The van der Waals surface area contributed by atoms with Gasteiger partial charge in [-0.15, -0.1) is 0 Å². The van der Waals surface area contributed by atoms with E-state index in [9.17, 15) is 0 Å². The molecule has 55 heavy (non-hydrogen) atoms. The minimum absolute atomic E-state index is 0.150. The topological polar surface area (TPSA) is 38.9 Å². The smallest absolute Gasteiger partial charge is 0.160 e. The zero-order valence-corrected chi connectivity index (χ0v) is 30.5. The van der Waals surface area contributed by atoms with E-state index in [1.165, 1.54) is 71.0 Å². The van der Waals surface area contributed by atoms with Gasteiger partial charge in [0.05, 0.1) is 11.4 Å². The largest absolute Gasteiger partial charge is 0.455 e. The third-order valence-electron chi connectivity index (χ3n) is 12.1. The van der Waals surface area contributed by atoms with Crippen LogP contribution >= 0.6 is 0 Å². The molecule has 3 nitrogen and oxygen atoms in total. The first-order valence-corrected chi connectivity index (χ1v) is 19.5. The zero-order valence-electron chi connectivity index (χ0n) is 30.5. The summed E-state index contributed by atoms with van der Waals surface area (Å²) in [5.74, 6) is 0.702. The highest BCUT2D eigenvalue weighted by atomic mass is 16.3. The number of hydrogen-bond donors (Lipinski definition) is 0. The molecule has 2 heterocycles. The molecule has 2 aliphatic rings. The Hall–Kier alpha value is -6.58. The molecule has 0 bridgehead atoms. The van der Waals surface area contributed by atoms with E-state index in [-0.39, 0.29) is 5.41 Å². The Bertz CT molecular complexity index is 2880. The van der Waals surface area contributed by atoms with Crippen molar-refractivity contribution in [2.75, 3.05) is 0 Å². The Kier molecular flexibility index (Phi) is 7.41. The molecule has 1 fully saturated rings. The van der Waals surface area contributed by atoms with E-state index in [2.05, 4.69) is 146 Å². The van der Waals surface area contributed by atoms with Crippen molar-refractivity contribution in [2.24, 2.45) is 0 Å². The first kappa shape index (κ1) is 31.9. The van der Waals surface area contributed by atoms with Crippen LogP contribution in [0.15, 0.2) is 174 Å². The summed E-state index contributed by atoms with van der Waals surface area (Å²) < 4.78 is 6.73. The van der Waals surface area contributed by atoms with E-state index in [1.807, 2.05) is 24.3 Å². The molecule has 1 saturated carbocycles. The van der Waals surface area contributed by atoms with Gasteiger partial charge in [0.1, 0.15) is 11.2 Å². The standard InChI is InChI=1S/C52H38N2O/c1-4-13-34(14-5-1)35-21-23-36(24-22-35)47-33-48(54-51(53-47)37-15-6-2-7-16-37)39-26-28-49-44(32-39)42-19-12-18-40(50(42)55-49)38-25-27-46-43(31-38)41-17-8-9-20-45(41)52(46)29-10-3-11-30-52/h1-2,4-9,12-28,31-33H,3,10-11,29-30H2. The lowest BCUT2D eigenvalue weighted by Crippen LogP contribution is -2.27. The Morgan fingerprint density at radius 3 is 1.82 bits per heavy atom. The maximum absolute atomic E-state index is 6.73. The number of rotatable bonds is 5. The van der Waals surface area contributed by atoms with E-state index < -0.39 is 0 Å². The molecule has 9 aromatic rings. The second kappa shape index (κ2) is 12.8. The van der Waals surface area contributed by atoms with E-state index >= 15 is 0 Å². The normalized spacial score (nSPS) is 14.3. The average molecular weight is 707 g/mol. The van der Waals surface area contributed by atoms with Crippen molar-refractivity contribution < 1.29 is 4.42 Å². The van der Waals surface area contributed by atoms with Gasteiger partial charge in [-0.1, -0.05) is 159 Å². The molecule has 0 amide bonds. The van der Waals surface area contributed by atoms with E-state index in [0.29, 0.717) is 5.82 Å². The molecule has 262 valence electrons. The van der Waals surface area contributed by atoms with Gasteiger partial charge in [0.2, 0.25) is 0 Å². The van der Waals surface area contributed by atoms with Crippen LogP contribution in [0.3, 0.4) is 0 Å². The molecule has 0 radical (unpaired) electrons. The summed E-state index contributed by atoms with van der Waals surface area (Å²) in [6, 6.07) is 60.8. The zero-order chi connectivity index (χ0) is 36.3. The molecular formula is C52H38N2O. The third kappa shape index (κ3) is 5.26. The van der Waals surface area contributed by atoms with Crippen LogP contribution in [0.25, 0.3) is 89.2 Å². The van der Waals surface area contributed by atoms with Gasteiger partial charge in [0.25, 0.3) is 0 Å². The summed E-state index contributed by atoms with van der Waals surface area (Å²) in [4.78, 5) is 10.2. The van der Waals surface area contributed by atoms with E-state index in [1.54, 1.807) is 0 Å². The molecule has 0 aliphatic heterocycles. The van der Waals surface area contributed by atoms with Crippen molar-refractivity contribution in [1.82, 2.24) is 9.97 Å². The van der Waals surface area contributed by atoms with Crippen LogP contribution in [0.4, 0.5) is 0 Å². The van der Waals surface area contributed by atoms with Crippen LogP contribution in [-0.2, 0) is 5.41 Å². The van der Waals surface area contributed by atoms with Crippen molar-refractivity contribution >= 4 is 21.9 Å². The highest BCUT2D eigenvalue weighted by molar-refractivity contribution is 6.10. The number of aromatic nitrogens is 2. The fourth-order valence-corrected chi connectivity index (χ4v) is 9.43. The summed E-state index contributed by atoms with van der Waals surface area (Å²) >= 11 is 0. The molecule has 0 atom stereocenters. The first-order valence-electron chi connectivity index (χ1n) is 19.5. The van der Waals surface area contributed by atoms with Crippen LogP contribution < -0.4 is 0 Å². The van der Waals surface area contributed by atoms with Gasteiger partial charge < -0.3 is 4.42 Å². The molecule has 0 unspecified atom stereocenters.